The van der Waals surface area contributed by atoms with Gasteiger partial charge < -0.3 is 9.15 Å². The molecule has 1 aromatic carbocycles. The molecule has 0 spiro atoms. The van der Waals surface area contributed by atoms with Gasteiger partial charge in [-0.15, -0.1) is 21.5 Å². The Bertz CT molecular complexity index is 1010. The third-order valence-electron chi connectivity index (χ3n) is 3.82. The first-order valence-electron chi connectivity index (χ1n) is 7.92. The zero-order valence-corrected chi connectivity index (χ0v) is 15.9. The minimum Gasteiger partial charge on any atom is -0.495 e. The summed E-state index contributed by atoms with van der Waals surface area (Å²) >= 11 is 3.17. The average molecular weight is 384 g/mol. The second-order valence-corrected chi connectivity index (χ2v) is 7.33. The molecule has 0 amide bonds. The van der Waals surface area contributed by atoms with Crippen LogP contribution in [0.5, 0.6) is 5.75 Å². The Morgan fingerprint density at radius 2 is 2.12 bits per heavy atom. The van der Waals surface area contributed by atoms with Crippen molar-refractivity contribution in [1.29, 1.82) is 0 Å². The van der Waals surface area contributed by atoms with Crippen LogP contribution in [0.2, 0.25) is 0 Å². The summed E-state index contributed by atoms with van der Waals surface area (Å²) in [7, 11) is 1.65. The number of aryl methyl sites for hydroxylation is 1. The molecule has 4 rings (SSSR count). The molecule has 0 radical (unpaired) electrons. The fourth-order valence-corrected chi connectivity index (χ4v) is 4.09. The number of para-hydroxylation sites is 2. The summed E-state index contributed by atoms with van der Waals surface area (Å²) in [4.78, 5) is 5.66. The Hall–Kier alpha value is -2.58. The fraction of sp³-hybridized carbons (Fsp3) is 0.167. The normalized spacial score (nSPS) is 11.0. The van der Waals surface area contributed by atoms with Crippen LogP contribution in [0.15, 0.2) is 57.7 Å². The molecule has 0 unspecified atom stereocenters. The maximum absolute atomic E-state index is 5.80. The van der Waals surface area contributed by atoms with E-state index in [1.807, 2.05) is 53.3 Å². The highest BCUT2D eigenvalue weighted by Gasteiger charge is 2.15. The molecule has 0 aliphatic rings. The lowest BCUT2D eigenvalue weighted by molar-refractivity contribution is 0.412. The third kappa shape index (κ3) is 3.25. The first-order valence-corrected chi connectivity index (χ1v) is 9.79. The number of hydrogen-bond donors (Lipinski definition) is 0. The third-order valence-corrected chi connectivity index (χ3v) is 5.64. The van der Waals surface area contributed by atoms with E-state index < -0.39 is 0 Å². The summed E-state index contributed by atoms with van der Waals surface area (Å²) in [5.74, 6) is 2.91. The zero-order valence-electron chi connectivity index (χ0n) is 14.2. The van der Waals surface area contributed by atoms with Crippen molar-refractivity contribution >= 4 is 23.1 Å². The molecule has 0 saturated carbocycles. The van der Waals surface area contributed by atoms with Crippen LogP contribution in [0.3, 0.4) is 0 Å². The maximum Gasteiger partial charge on any atom is 0.236 e. The molecule has 6 nitrogen and oxygen atoms in total. The van der Waals surface area contributed by atoms with Gasteiger partial charge in [0.05, 0.1) is 23.4 Å². The maximum atomic E-state index is 5.80. The number of ether oxygens (including phenoxy) is 1. The predicted molar refractivity (Wildman–Crippen MR) is 102 cm³/mol. The van der Waals surface area contributed by atoms with E-state index in [1.54, 1.807) is 36.5 Å². The Labute approximate surface area is 158 Å². The van der Waals surface area contributed by atoms with E-state index in [-0.39, 0.29) is 0 Å². The number of hydrogen-bond acceptors (Lipinski definition) is 7. The number of nitrogens with zero attached hydrogens (tertiary/aromatic N) is 4. The topological polar surface area (TPSA) is 66.0 Å². The van der Waals surface area contributed by atoms with Crippen LogP contribution in [0.25, 0.3) is 16.5 Å². The van der Waals surface area contributed by atoms with Crippen molar-refractivity contribution in [1.82, 2.24) is 19.7 Å². The van der Waals surface area contributed by atoms with E-state index >= 15 is 0 Å². The fourth-order valence-electron chi connectivity index (χ4n) is 2.52. The molecule has 8 heteroatoms. The van der Waals surface area contributed by atoms with Crippen molar-refractivity contribution in [3.05, 3.63) is 59.6 Å². The lowest BCUT2D eigenvalue weighted by atomic mass is 10.3. The van der Waals surface area contributed by atoms with Crippen molar-refractivity contribution in [2.24, 2.45) is 0 Å². The van der Waals surface area contributed by atoms with Gasteiger partial charge in [-0.25, -0.2) is 4.98 Å². The molecule has 0 N–H and O–H groups in total. The van der Waals surface area contributed by atoms with Crippen molar-refractivity contribution in [2.45, 2.75) is 17.8 Å². The summed E-state index contributed by atoms with van der Waals surface area (Å²) in [5.41, 5.74) is 1.81. The van der Waals surface area contributed by atoms with Gasteiger partial charge in [-0.3, -0.25) is 4.57 Å². The molecule has 0 aliphatic carbocycles. The van der Waals surface area contributed by atoms with Crippen LogP contribution in [-0.2, 0) is 5.75 Å². The minimum atomic E-state index is 0.647. The Morgan fingerprint density at radius 1 is 1.23 bits per heavy atom. The van der Waals surface area contributed by atoms with Crippen LogP contribution in [0.1, 0.15) is 11.5 Å². The minimum absolute atomic E-state index is 0.647. The smallest absolute Gasteiger partial charge is 0.236 e. The van der Waals surface area contributed by atoms with Crippen LogP contribution in [0.4, 0.5) is 0 Å². The van der Waals surface area contributed by atoms with E-state index in [2.05, 4.69) is 15.2 Å². The van der Waals surface area contributed by atoms with Gasteiger partial charge in [0.2, 0.25) is 5.89 Å². The van der Waals surface area contributed by atoms with Gasteiger partial charge in [0.1, 0.15) is 17.8 Å². The largest absolute Gasteiger partial charge is 0.495 e. The van der Waals surface area contributed by atoms with Gasteiger partial charge in [-0.1, -0.05) is 30.0 Å². The van der Waals surface area contributed by atoms with Gasteiger partial charge in [0, 0.05) is 5.75 Å². The molecule has 4 aromatic rings. The number of thioether (sulfide) groups is 1. The molecule has 3 heterocycles. The van der Waals surface area contributed by atoms with Crippen LogP contribution in [-0.4, -0.2) is 26.9 Å². The molecule has 0 saturated heterocycles. The SMILES string of the molecule is COc1ccccc1-n1cnnc1SCc1nc(-c2cccs2)oc1C. The zero-order chi connectivity index (χ0) is 17.9. The molecule has 0 atom stereocenters. The lowest BCUT2D eigenvalue weighted by Gasteiger charge is -2.10. The van der Waals surface area contributed by atoms with Crippen LogP contribution < -0.4 is 4.74 Å². The highest BCUT2D eigenvalue weighted by atomic mass is 32.2. The highest BCUT2D eigenvalue weighted by molar-refractivity contribution is 7.98. The van der Waals surface area contributed by atoms with E-state index in [9.17, 15) is 0 Å². The summed E-state index contributed by atoms with van der Waals surface area (Å²) < 4.78 is 13.2. The summed E-state index contributed by atoms with van der Waals surface area (Å²) in [6, 6.07) is 11.8. The molecule has 0 fully saturated rings. The molecule has 26 heavy (non-hydrogen) atoms. The lowest BCUT2D eigenvalue weighted by Crippen LogP contribution is -1.99. The van der Waals surface area contributed by atoms with Crippen LogP contribution >= 0.6 is 23.1 Å². The monoisotopic (exact) mass is 384 g/mol. The van der Waals surface area contributed by atoms with E-state index in [1.165, 1.54) is 0 Å². The molecule has 132 valence electrons. The number of rotatable bonds is 6. The molecular formula is C18H16N4O2S2. The van der Waals surface area contributed by atoms with E-state index in [4.69, 9.17) is 9.15 Å². The average Bonchev–Trinajstić information content (AvgIpc) is 3.41. The van der Waals surface area contributed by atoms with Gasteiger partial charge in [0.15, 0.2) is 5.16 Å². The Morgan fingerprint density at radius 3 is 2.92 bits per heavy atom. The first-order chi connectivity index (χ1) is 12.8. The van der Waals surface area contributed by atoms with E-state index in [0.717, 1.165) is 32.9 Å². The van der Waals surface area contributed by atoms with Gasteiger partial charge in [0.25, 0.3) is 0 Å². The van der Waals surface area contributed by atoms with Crippen molar-refractivity contribution in [3.8, 4) is 22.2 Å². The highest BCUT2D eigenvalue weighted by Crippen LogP contribution is 2.31. The van der Waals surface area contributed by atoms with E-state index in [0.29, 0.717) is 11.6 Å². The number of thiophene rings is 1. The number of oxazole rings is 1. The summed E-state index contributed by atoms with van der Waals surface area (Å²) in [6.07, 6.45) is 1.69. The van der Waals surface area contributed by atoms with Gasteiger partial charge in [-0.2, -0.15) is 0 Å². The predicted octanol–water partition coefficient (Wildman–Crippen LogP) is 4.59. The van der Waals surface area contributed by atoms with Crippen molar-refractivity contribution < 1.29 is 9.15 Å². The molecule has 3 aromatic heterocycles. The number of benzene rings is 1. The molecular weight excluding hydrogens is 368 g/mol. The van der Waals surface area contributed by atoms with Gasteiger partial charge in [-0.05, 0) is 30.5 Å². The summed E-state index contributed by atoms with van der Waals surface area (Å²) in [5, 5.41) is 11.1. The van der Waals surface area contributed by atoms with Crippen molar-refractivity contribution in [2.75, 3.05) is 7.11 Å². The number of aromatic nitrogens is 4. The Balaban J connectivity index is 1.56. The van der Waals surface area contributed by atoms with Gasteiger partial charge >= 0.3 is 0 Å². The standard InChI is InChI=1S/C18H16N4O2S2/c1-12-13(20-17(24-12)16-8-5-9-25-16)10-26-18-21-19-11-22(18)14-6-3-4-7-15(14)23-2/h3-9,11H,10H2,1-2H3. The van der Waals surface area contributed by atoms with Crippen molar-refractivity contribution in [3.63, 3.8) is 0 Å². The second-order valence-electron chi connectivity index (χ2n) is 5.44. The molecule has 0 bridgehead atoms. The quantitative estimate of drug-likeness (QED) is 0.453. The second kappa shape index (κ2) is 7.35. The number of methoxy groups -OCH3 is 1. The summed E-state index contributed by atoms with van der Waals surface area (Å²) in [6.45, 7) is 1.94. The van der Waals surface area contributed by atoms with Crippen LogP contribution in [0, 0.1) is 6.92 Å². The molecule has 0 aliphatic heterocycles. The Kier molecular flexibility index (Phi) is 4.77. The first kappa shape index (κ1) is 16.9.